The van der Waals surface area contributed by atoms with Crippen molar-refractivity contribution < 1.29 is 5.11 Å². The lowest BCUT2D eigenvalue weighted by atomic mass is 10.3. The van der Waals surface area contributed by atoms with E-state index in [-0.39, 0.29) is 22.0 Å². The molecule has 0 saturated heterocycles. The standard InChI is InChI=1S/C9H4ClN3O/c10-6-4-12-7-2-1-5(3-11)13-8(7)9(6)14/h1-2,4H,(H,12,14). The van der Waals surface area contributed by atoms with Crippen LogP contribution in [0.5, 0.6) is 5.75 Å². The van der Waals surface area contributed by atoms with Gasteiger partial charge in [-0.3, -0.25) is 4.98 Å². The Labute approximate surface area is 84.4 Å². The van der Waals surface area contributed by atoms with Gasteiger partial charge in [-0.15, -0.1) is 0 Å². The molecule has 0 aliphatic heterocycles. The monoisotopic (exact) mass is 205 g/mol. The van der Waals surface area contributed by atoms with E-state index in [1.165, 1.54) is 12.3 Å². The maximum absolute atomic E-state index is 9.53. The molecule has 0 amide bonds. The van der Waals surface area contributed by atoms with Gasteiger partial charge in [-0.2, -0.15) is 5.26 Å². The maximum Gasteiger partial charge on any atom is 0.163 e. The Morgan fingerprint density at radius 1 is 1.43 bits per heavy atom. The van der Waals surface area contributed by atoms with E-state index in [9.17, 15) is 5.11 Å². The third-order valence-corrected chi connectivity index (χ3v) is 2.03. The lowest BCUT2D eigenvalue weighted by Gasteiger charge is -2.00. The Balaban J connectivity index is 2.86. The zero-order valence-corrected chi connectivity index (χ0v) is 7.65. The van der Waals surface area contributed by atoms with Gasteiger partial charge in [-0.1, -0.05) is 11.6 Å². The summed E-state index contributed by atoms with van der Waals surface area (Å²) in [7, 11) is 0. The van der Waals surface area contributed by atoms with Crippen LogP contribution >= 0.6 is 11.6 Å². The van der Waals surface area contributed by atoms with Crippen molar-refractivity contribution >= 4 is 22.6 Å². The fraction of sp³-hybridized carbons (Fsp3) is 0. The molecule has 68 valence electrons. The van der Waals surface area contributed by atoms with Crippen LogP contribution < -0.4 is 0 Å². The van der Waals surface area contributed by atoms with Gasteiger partial charge in [0.1, 0.15) is 22.3 Å². The zero-order valence-electron chi connectivity index (χ0n) is 6.90. The van der Waals surface area contributed by atoms with E-state index in [4.69, 9.17) is 16.9 Å². The van der Waals surface area contributed by atoms with Crippen molar-refractivity contribution in [3.63, 3.8) is 0 Å². The quantitative estimate of drug-likeness (QED) is 0.713. The first kappa shape index (κ1) is 8.73. The van der Waals surface area contributed by atoms with Crippen LogP contribution in [0.2, 0.25) is 5.02 Å². The van der Waals surface area contributed by atoms with Gasteiger partial charge in [0.05, 0.1) is 11.7 Å². The van der Waals surface area contributed by atoms with E-state index in [0.29, 0.717) is 5.52 Å². The van der Waals surface area contributed by atoms with Crippen LogP contribution in [0.15, 0.2) is 18.3 Å². The third-order valence-electron chi connectivity index (χ3n) is 1.76. The van der Waals surface area contributed by atoms with Gasteiger partial charge >= 0.3 is 0 Å². The smallest absolute Gasteiger partial charge is 0.163 e. The Bertz CT molecular complexity index is 547. The minimum absolute atomic E-state index is 0.125. The summed E-state index contributed by atoms with van der Waals surface area (Å²) in [5.74, 6) is -0.145. The van der Waals surface area contributed by atoms with Crippen molar-refractivity contribution in [2.75, 3.05) is 0 Å². The van der Waals surface area contributed by atoms with E-state index in [1.807, 2.05) is 6.07 Å². The average Bonchev–Trinajstić information content (AvgIpc) is 2.23. The first-order chi connectivity index (χ1) is 6.72. The molecule has 0 radical (unpaired) electrons. The number of aromatic hydroxyl groups is 1. The molecule has 0 aliphatic carbocycles. The molecule has 0 atom stereocenters. The molecule has 0 aromatic carbocycles. The first-order valence-electron chi connectivity index (χ1n) is 3.76. The highest BCUT2D eigenvalue weighted by Gasteiger charge is 2.07. The number of hydrogen-bond acceptors (Lipinski definition) is 4. The van der Waals surface area contributed by atoms with Crippen LogP contribution in [-0.4, -0.2) is 15.1 Å². The molecule has 0 aliphatic rings. The van der Waals surface area contributed by atoms with Crippen LogP contribution in [0, 0.1) is 11.3 Å². The van der Waals surface area contributed by atoms with Crippen LogP contribution in [0.4, 0.5) is 0 Å². The summed E-state index contributed by atoms with van der Waals surface area (Å²) < 4.78 is 0. The van der Waals surface area contributed by atoms with Gasteiger partial charge in [0.25, 0.3) is 0 Å². The minimum atomic E-state index is -0.145. The summed E-state index contributed by atoms with van der Waals surface area (Å²) in [4.78, 5) is 7.85. The van der Waals surface area contributed by atoms with Crippen molar-refractivity contribution in [3.05, 3.63) is 29.0 Å². The summed E-state index contributed by atoms with van der Waals surface area (Å²) in [6.07, 6.45) is 1.34. The molecule has 0 spiro atoms. The van der Waals surface area contributed by atoms with Crippen molar-refractivity contribution in [1.29, 1.82) is 5.26 Å². The number of aromatic nitrogens is 2. The number of nitrogens with zero attached hydrogens (tertiary/aromatic N) is 3. The van der Waals surface area contributed by atoms with E-state index in [1.54, 1.807) is 6.07 Å². The Morgan fingerprint density at radius 2 is 2.21 bits per heavy atom. The second-order valence-electron chi connectivity index (χ2n) is 2.63. The predicted octanol–water partition coefficient (Wildman–Crippen LogP) is 1.86. The number of rotatable bonds is 0. The molecular weight excluding hydrogens is 202 g/mol. The van der Waals surface area contributed by atoms with Crippen molar-refractivity contribution in [1.82, 2.24) is 9.97 Å². The van der Waals surface area contributed by atoms with E-state index in [0.717, 1.165) is 0 Å². The summed E-state index contributed by atoms with van der Waals surface area (Å²) in [6.45, 7) is 0. The minimum Gasteiger partial charge on any atom is -0.504 e. The van der Waals surface area contributed by atoms with Crippen LogP contribution in [-0.2, 0) is 0 Å². The molecule has 2 rings (SSSR count). The second-order valence-corrected chi connectivity index (χ2v) is 3.04. The van der Waals surface area contributed by atoms with Crippen molar-refractivity contribution in [2.45, 2.75) is 0 Å². The molecule has 5 heteroatoms. The van der Waals surface area contributed by atoms with Crippen molar-refractivity contribution in [2.24, 2.45) is 0 Å². The normalized spacial score (nSPS) is 10.0. The summed E-state index contributed by atoms with van der Waals surface area (Å²) in [5.41, 5.74) is 0.972. The second kappa shape index (κ2) is 3.13. The molecule has 4 nitrogen and oxygen atoms in total. The lowest BCUT2D eigenvalue weighted by Crippen LogP contribution is -1.87. The highest BCUT2D eigenvalue weighted by Crippen LogP contribution is 2.28. The molecule has 0 fully saturated rings. The first-order valence-corrected chi connectivity index (χ1v) is 4.14. The molecule has 2 aromatic heterocycles. The van der Waals surface area contributed by atoms with Crippen molar-refractivity contribution in [3.8, 4) is 11.8 Å². The topological polar surface area (TPSA) is 69.8 Å². The van der Waals surface area contributed by atoms with Crippen LogP contribution in [0.3, 0.4) is 0 Å². The van der Waals surface area contributed by atoms with Gasteiger partial charge in [-0.05, 0) is 12.1 Å². The molecule has 2 aromatic rings. The molecule has 0 saturated carbocycles. The van der Waals surface area contributed by atoms with Crippen LogP contribution in [0.25, 0.3) is 11.0 Å². The van der Waals surface area contributed by atoms with Gasteiger partial charge in [-0.25, -0.2) is 4.98 Å². The molecule has 0 unspecified atom stereocenters. The number of pyridine rings is 2. The SMILES string of the molecule is N#Cc1ccc2ncc(Cl)c(O)c2n1. The van der Waals surface area contributed by atoms with Gasteiger partial charge in [0.2, 0.25) is 0 Å². The van der Waals surface area contributed by atoms with E-state index < -0.39 is 0 Å². The molecule has 1 N–H and O–H groups in total. The molecular formula is C9H4ClN3O. The predicted molar refractivity (Wildman–Crippen MR) is 50.9 cm³/mol. The van der Waals surface area contributed by atoms with Gasteiger partial charge in [0, 0.05) is 0 Å². The molecule has 14 heavy (non-hydrogen) atoms. The summed E-state index contributed by atoms with van der Waals surface area (Å²) in [5, 5.41) is 18.3. The Kier molecular flexibility index (Phi) is 1.95. The highest BCUT2D eigenvalue weighted by atomic mass is 35.5. The number of hydrogen-bond donors (Lipinski definition) is 1. The third kappa shape index (κ3) is 1.24. The number of fused-ring (bicyclic) bond motifs is 1. The fourth-order valence-corrected chi connectivity index (χ4v) is 1.23. The van der Waals surface area contributed by atoms with Gasteiger partial charge < -0.3 is 5.11 Å². The van der Waals surface area contributed by atoms with E-state index >= 15 is 0 Å². The molecule has 0 bridgehead atoms. The van der Waals surface area contributed by atoms with Crippen LogP contribution in [0.1, 0.15) is 5.69 Å². The molecule has 2 heterocycles. The largest absolute Gasteiger partial charge is 0.504 e. The average molecular weight is 206 g/mol. The maximum atomic E-state index is 9.53. The van der Waals surface area contributed by atoms with E-state index in [2.05, 4.69) is 9.97 Å². The number of nitriles is 1. The Hall–Kier alpha value is -1.86. The Morgan fingerprint density at radius 3 is 2.93 bits per heavy atom. The zero-order chi connectivity index (χ0) is 10.1. The fourth-order valence-electron chi connectivity index (χ4n) is 1.09. The van der Waals surface area contributed by atoms with Gasteiger partial charge in [0.15, 0.2) is 5.75 Å². The lowest BCUT2D eigenvalue weighted by molar-refractivity contribution is 0.480. The summed E-state index contributed by atoms with van der Waals surface area (Å²) in [6, 6.07) is 5.01. The summed E-state index contributed by atoms with van der Waals surface area (Å²) >= 11 is 5.65. The number of halogens is 1. The highest BCUT2D eigenvalue weighted by molar-refractivity contribution is 6.32.